The predicted molar refractivity (Wildman–Crippen MR) is 120 cm³/mol. The van der Waals surface area contributed by atoms with Crippen molar-refractivity contribution in [2.45, 2.75) is 19.3 Å². The molecule has 3 heterocycles. The molecule has 8 nitrogen and oxygen atoms in total. The monoisotopic (exact) mass is 416 g/mol. The second-order valence-electron chi connectivity index (χ2n) is 7.94. The fraction of sp³-hybridized carbons (Fsp3) is 0.348. The number of carbonyl (C=O) groups excluding carboxylic acids is 2. The lowest BCUT2D eigenvalue weighted by molar-refractivity contribution is -0.131. The van der Waals surface area contributed by atoms with Gasteiger partial charge in [-0.25, -0.2) is 4.99 Å². The van der Waals surface area contributed by atoms with Crippen LogP contribution in [0.5, 0.6) is 0 Å². The number of allylic oxidation sites excluding steroid dienone is 3. The van der Waals surface area contributed by atoms with E-state index < -0.39 is 0 Å². The number of nitrogens with one attached hydrogen (secondary N) is 1. The van der Waals surface area contributed by atoms with E-state index >= 15 is 0 Å². The normalized spacial score (nSPS) is 20.6. The highest BCUT2D eigenvalue weighted by Gasteiger charge is 2.27. The number of hydrogen-bond acceptors (Lipinski definition) is 5. The quantitative estimate of drug-likeness (QED) is 0.810. The molecule has 1 fully saturated rings. The van der Waals surface area contributed by atoms with Crippen LogP contribution in [0.15, 0.2) is 58.6 Å². The van der Waals surface area contributed by atoms with Crippen LogP contribution in [0.25, 0.3) is 10.9 Å². The van der Waals surface area contributed by atoms with E-state index in [1.165, 1.54) is 0 Å². The maximum Gasteiger partial charge on any atom is 0.260 e. The Bertz CT molecular complexity index is 1130. The topological polar surface area (TPSA) is 94.0 Å². The predicted octanol–water partition coefficient (Wildman–Crippen LogP) is 2.50. The van der Waals surface area contributed by atoms with Gasteiger partial charge in [0.15, 0.2) is 5.82 Å². The second-order valence-corrected chi connectivity index (χ2v) is 7.94. The van der Waals surface area contributed by atoms with E-state index in [1.54, 1.807) is 0 Å². The molecule has 1 saturated heterocycles. The molecule has 5 rings (SSSR count). The van der Waals surface area contributed by atoms with Gasteiger partial charge in [0.1, 0.15) is 11.8 Å². The van der Waals surface area contributed by atoms with E-state index in [0.717, 1.165) is 35.5 Å². The third kappa shape index (κ3) is 3.93. The molecule has 0 saturated carbocycles. The van der Waals surface area contributed by atoms with Gasteiger partial charge >= 0.3 is 0 Å². The molecule has 3 aliphatic rings. The molecule has 0 spiro atoms. The minimum atomic E-state index is -0.349. The largest absolute Gasteiger partial charge is 0.351 e. The van der Waals surface area contributed by atoms with Gasteiger partial charge in [0.25, 0.3) is 5.91 Å². The van der Waals surface area contributed by atoms with E-state index in [2.05, 4.69) is 31.1 Å². The zero-order chi connectivity index (χ0) is 21.2. The number of piperazine rings is 1. The Balaban J connectivity index is 1.12. The Labute approximate surface area is 180 Å². The molecule has 8 heteroatoms. The molecule has 158 valence electrons. The molecule has 1 aromatic heterocycles. The molecule has 1 aromatic carbocycles. The summed E-state index contributed by atoms with van der Waals surface area (Å²) in [5, 5.41) is 8.64. The van der Waals surface area contributed by atoms with Crippen LogP contribution in [0.3, 0.4) is 0 Å². The number of nitrogens with zero attached hydrogens (tertiary/aromatic N) is 5. The number of anilines is 1. The smallest absolute Gasteiger partial charge is 0.260 e. The highest BCUT2D eigenvalue weighted by molar-refractivity contribution is 6.21. The van der Waals surface area contributed by atoms with Crippen molar-refractivity contribution < 1.29 is 9.59 Å². The summed E-state index contributed by atoms with van der Waals surface area (Å²) in [5.41, 5.74) is 1.76. The van der Waals surface area contributed by atoms with Crippen LogP contribution < -0.4 is 4.90 Å². The van der Waals surface area contributed by atoms with Crippen LogP contribution >= 0.6 is 0 Å². The minimum absolute atomic E-state index is 0.139. The number of carbonyl (C=O) groups is 2. The first-order valence-corrected chi connectivity index (χ1v) is 10.7. The van der Waals surface area contributed by atoms with Gasteiger partial charge in [-0.15, -0.1) is 0 Å². The number of rotatable bonds is 5. The van der Waals surface area contributed by atoms with Crippen molar-refractivity contribution in [1.82, 2.24) is 15.1 Å². The van der Waals surface area contributed by atoms with E-state index in [1.807, 2.05) is 47.4 Å². The third-order valence-corrected chi connectivity index (χ3v) is 5.94. The highest BCUT2D eigenvalue weighted by Crippen LogP contribution is 2.25. The zero-order valence-corrected chi connectivity index (χ0v) is 17.2. The number of aromatic amines is 1. The van der Waals surface area contributed by atoms with Crippen LogP contribution in [0, 0.1) is 5.92 Å². The number of fused-ring (bicyclic) bond motifs is 2. The summed E-state index contributed by atoms with van der Waals surface area (Å²) in [6.07, 6.45) is 8.99. The van der Waals surface area contributed by atoms with Crippen LogP contribution in [-0.4, -0.2) is 64.6 Å². The number of amidine groups is 1. The summed E-state index contributed by atoms with van der Waals surface area (Å²) in [4.78, 5) is 37.5. The number of amides is 2. The fourth-order valence-corrected chi connectivity index (χ4v) is 4.24. The van der Waals surface area contributed by atoms with Gasteiger partial charge in [0.2, 0.25) is 5.91 Å². The summed E-state index contributed by atoms with van der Waals surface area (Å²) in [6.45, 7) is 2.88. The van der Waals surface area contributed by atoms with Crippen LogP contribution in [0.2, 0.25) is 0 Å². The van der Waals surface area contributed by atoms with Gasteiger partial charge in [-0.1, -0.05) is 30.4 Å². The lowest BCUT2D eigenvalue weighted by Crippen LogP contribution is -2.49. The van der Waals surface area contributed by atoms with E-state index in [0.29, 0.717) is 38.2 Å². The van der Waals surface area contributed by atoms with E-state index in [9.17, 15) is 9.59 Å². The minimum Gasteiger partial charge on any atom is -0.351 e. The van der Waals surface area contributed by atoms with Gasteiger partial charge in [0, 0.05) is 44.4 Å². The molecule has 0 radical (unpaired) electrons. The maximum atomic E-state index is 12.7. The van der Waals surface area contributed by atoms with E-state index in [4.69, 9.17) is 0 Å². The SMILES string of the molecule is O=C1N=C(CCCC(=O)N2CCN(c3n[nH]c4ccccc34)CC2)N=C2C=CC=CC12. The van der Waals surface area contributed by atoms with Gasteiger partial charge in [0.05, 0.1) is 11.2 Å². The third-order valence-electron chi connectivity index (χ3n) is 5.94. The molecule has 1 N–H and O–H groups in total. The average molecular weight is 416 g/mol. The number of H-pyrrole nitrogens is 1. The fourth-order valence-electron chi connectivity index (χ4n) is 4.24. The van der Waals surface area contributed by atoms with Crippen molar-refractivity contribution in [3.05, 3.63) is 48.6 Å². The van der Waals surface area contributed by atoms with Crippen LogP contribution in [0.4, 0.5) is 5.82 Å². The Kier molecular flexibility index (Phi) is 5.19. The first kappa shape index (κ1) is 19.4. The summed E-state index contributed by atoms with van der Waals surface area (Å²) in [5.74, 6) is 1.10. The summed E-state index contributed by atoms with van der Waals surface area (Å²) in [6, 6.07) is 8.08. The molecule has 2 amide bonds. The number of aliphatic imine (C=N–C) groups is 2. The van der Waals surface area contributed by atoms with Crippen LogP contribution in [0.1, 0.15) is 19.3 Å². The van der Waals surface area contributed by atoms with Crippen molar-refractivity contribution in [2.24, 2.45) is 15.9 Å². The molecule has 1 atom stereocenters. The Morgan fingerprint density at radius 2 is 1.94 bits per heavy atom. The summed E-state index contributed by atoms with van der Waals surface area (Å²) in [7, 11) is 0. The van der Waals surface area contributed by atoms with Crippen LogP contribution in [-0.2, 0) is 9.59 Å². The molecule has 0 bridgehead atoms. The average Bonchev–Trinajstić information content (AvgIpc) is 3.23. The maximum absolute atomic E-state index is 12.7. The van der Waals surface area contributed by atoms with E-state index in [-0.39, 0.29) is 17.7 Å². The molecule has 2 aliphatic heterocycles. The molecule has 2 aromatic rings. The molecule has 1 unspecified atom stereocenters. The standard InChI is InChI=1S/C23H24N6O2/c30-21(11-5-10-20-24-18-8-3-2-7-17(18)23(31)25-20)28-12-14-29(15-13-28)22-16-6-1-4-9-19(16)26-27-22/h1-4,6-9,17H,5,10-15H2,(H,26,27). The number of para-hydroxylation sites is 1. The highest BCUT2D eigenvalue weighted by atomic mass is 16.2. The Hall–Kier alpha value is -3.55. The van der Waals surface area contributed by atoms with Crippen molar-refractivity contribution in [3.63, 3.8) is 0 Å². The Morgan fingerprint density at radius 3 is 2.81 bits per heavy atom. The van der Waals surface area contributed by atoms with Gasteiger partial charge in [-0.3, -0.25) is 14.7 Å². The van der Waals surface area contributed by atoms with Crippen molar-refractivity contribution >= 4 is 40.1 Å². The number of aromatic nitrogens is 2. The van der Waals surface area contributed by atoms with Gasteiger partial charge < -0.3 is 9.80 Å². The first-order valence-electron chi connectivity index (χ1n) is 10.7. The van der Waals surface area contributed by atoms with Crippen molar-refractivity contribution in [1.29, 1.82) is 0 Å². The molecule has 1 aliphatic carbocycles. The number of benzene rings is 1. The lowest BCUT2D eigenvalue weighted by atomic mass is 9.96. The summed E-state index contributed by atoms with van der Waals surface area (Å²) < 4.78 is 0. The second kappa shape index (κ2) is 8.29. The summed E-state index contributed by atoms with van der Waals surface area (Å²) >= 11 is 0. The molecule has 31 heavy (non-hydrogen) atoms. The Morgan fingerprint density at radius 1 is 1.10 bits per heavy atom. The first-order chi connectivity index (χ1) is 15.2. The lowest BCUT2D eigenvalue weighted by Gasteiger charge is -2.35. The number of hydrogen-bond donors (Lipinski definition) is 1. The van der Waals surface area contributed by atoms with Gasteiger partial charge in [-0.05, 0) is 24.6 Å². The molecular formula is C23H24N6O2. The zero-order valence-electron chi connectivity index (χ0n) is 17.2. The van der Waals surface area contributed by atoms with Crippen molar-refractivity contribution in [2.75, 3.05) is 31.1 Å². The van der Waals surface area contributed by atoms with Crippen molar-refractivity contribution in [3.8, 4) is 0 Å². The molecular weight excluding hydrogens is 392 g/mol. The van der Waals surface area contributed by atoms with Gasteiger partial charge in [-0.2, -0.15) is 10.1 Å².